The number of nitrogens with one attached hydrogen (secondary N) is 2. The second-order valence-corrected chi connectivity index (χ2v) is 11.5. The van der Waals surface area contributed by atoms with Crippen LogP contribution < -0.4 is 10.0 Å². The molecule has 0 aliphatic carbocycles. The summed E-state index contributed by atoms with van der Waals surface area (Å²) in [6, 6.07) is 15.8. The average Bonchev–Trinajstić information content (AvgIpc) is 3.06. The van der Waals surface area contributed by atoms with Crippen LogP contribution in [-0.2, 0) is 29.9 Å². The molecule has 2 N–H and O–H groups in total. The molecule has 1 aliphatic rings. The molecule has 0 saturated carbocycles. The highest BCUT2D eigenvalue weighted by molar-refractivity contribution is 7.92. The van der Waals surface area contributed by atoms with Crippen LogP contribution in [0.2, 0.25) is 0 Å². The Hall–Kier alpha value is -2.64. The van der Waals surface area contributed by atoms with E-state index in [9.17, 15) is 8.42 Å². The zero-order valence-electron chi connectivity index (χ0n) is 20.6. The number of sulfonamides is 1. The van der Waals surface area contributed by atoms with Crippen LogP contribution in [-0.4, -0.2) is 31.3 Å². The highest BCUT2D eigenvalue weighted by Crippen LogP contribution is 2.28. The third-order valence-electron chi connectivity index (χ3n) is 6.65. The third kappa shape index (κ3) is 5.70. The van der Waals surface area contributed by atoms with Gasteiger partial charge >= 0.3 is 0 Å². The summed E-state index contributed by atoms with van der Waals surface area (Å²) in [6.07, 6.45) is 4.25. The highest BCUT2D eigenvalue weighted by atomic mass is 32.2. The monoisotopic (exact) mass is 480 g/mol. The zero-order chi connectivity index (χ0) is 24.3. The molecule has 0 atom stereocenters. The van der Waals surface area contributed by atoms with Crippen molar-refractivity contribution in [3.63, 3.8) is 0 Å². The summed E-state index contributed by atoms with van der Waals surface area (Å²) in [6.45, 7) is 8.29. The molecule has 6 nitrogen and oxygen atoms in total. The van der Waals surface area contributed by atoms with Gasteiger partial charge in [0.05, 0.1) is 22.0 Å². The van der Waals surface area contributed by atoms with Crippen LogP contribution in [0.1, 0.15) is 43.6 Å². The first kappa shape index (κ1) is 24.5. The molecule has 0 spiro atoms. The number of benzene rings is 2. The maximum Gasteiger partial charge on any atom is 0.262 e. The molecule has 2 aromatic carbocycles. The summed E-state index contributed by atoms with van der Waals surface area (Å²) in [4.78, 5) is 0.251. The van der Waals surface area contributed by atoms with Crippen LogP contribution in [0.5, 0.6) is 0 Å². The minimum absolute atomic E-state index is 0.251. The van der Waals surface area contributed by atoms with Crippen molar-refractivity contribution >= 4 is 15.7 Å². The molecule has 0 radical (unpaired) electrons. The molecule has 34 heavy (non-hydrogen) atoms. The lowest BCUT2D eigenvalue weighted by atomic mass is 9.90. The lowest BCUT2D eigenvalue weighted by Crippen LogP contribution is -2.28. The van der Waals surface area contributed by atoms with Crippen molar-refractivity contribution in [2.24, 2.45) is 18.9 Å². The smallest absolute Gasteiger partial charge is 0.262 e. The molecular formula is C27H36N4O2S. The van der Waals surface area contributed by atoms with E-state index < -0.39 is 10.0 Å². The van der Waals surface area contributed by atoms with Crippen LogP contribution in [0.3, 0.4) is 0 Å². The Kier molecular flexibility index (Phi) is 7.43. The Morgan fingerprint density at radius 1 is 1.09 bits per heavy atom. The lowest BCUT2D eigenvalue weighted by Gasteiger charge is -2.22. The van der Waals surface area contributed by atoms with Gasteiger partial charge in [-0.05, 0) is 86.4 Å². The fourth-order valence-electron chi connectivity index (χ4n) is 4.66. The molecule has 2 heterocycles. The van der Waals surface area contributed by atoms with Crippen LogP contribution in [0, 0.1) is 18.8 Å². The Balaban J connectivity index is 1.52. The number of piperidine rings is 1. The van der Waals surface area contributed by atoms with Crippen molar-refractivity contribution in [2.75, 3.05) is 17.8 Å². The Morgan fingerprint density at radius 2 is 1.79 bits per heavy atom. The normalized spacial score (nSPS) is 15.1. The van der Waals surface area contributed by atoms with E-state index in [0.29, 0.717) is 18.0 Å². The van der Waals surface area contributed by atoms with Crippen LogP contribution in [0.25, 0.3) is 11.1 Å². The van der Waals surface area contributed by atoms with Gasteiger partial charge in [-0.3, -0.25) is 9.40 Å². The van der Waals surface area contributed by atoms with E-state index >= 15 is 0 Å². The Bertz CT molecular complexity index is 1220. The SMILES string of the molecule is Cc1c(NS(=O)(=O)c2ccc(-c3cccc(CC4CCNCC4)c3)cc2)c(CC(C)C)nn1C. The van der Waals surface area contributed by atoms with Crippen molar-refractivity contribution < 1.29 is 8.42 Å². The van der Waals surface area contributed by atoms with E-state index in [1.807, 2.05) is 26.1 Å². The minimum atomic E-state index is -3.72. The molecule has 0 unspecified atom stereocenters. The number of hydrogen-bond donors (Lipinski definition) is 2. The molecule has 0 bridgehead atoms. The summed E-state index contributed by atoms with van der Waals surface area (Å²) in [5.74, 6) is 1.11. The molecule has 4 rings (SSSR count). The van der Waals surface area contributed by atoms with Crippen molar-refractivity contribution in [3.8, 4) is 11.1 Å². The molecule has 7 heteroatoms. The number of hydrogen-bond acceptors (Lipinski definition) is 4. The van der Waals surface area contributed by atoms with Crippen molar-refractivity contribution in [1.29, 1.82) is 0 Å². The first-order chi connectivity index (χ1) is 16.2. The van der Waals surface area contributed by atoms with Gasteiger partial charge in [-0.15, -0.1) is 0 Å². The summed E-state index contributed by atoms with van der Waals surface area (Å²) >= 11 is 0. The molecule has 0 amide bonds. The van der Waals surface area contributed by atoms with E-state index in [1.165, 1.54) is 18.4 Å². The summed E-state index contributed by atoms with van der Waals surface area (Å²) in [5, 5.41) is 7.94. The topological polar surface area (TPSA) is 76.0 Å². The summed E-state index contributed by atoms with van der Waals surface area (Å²) in [5.41, 5.74) is 5.65. The van der Waals surface area contributed by atoms with E-state index in [1.54, 1.807) is 16.8 Å². The van der Waals surface area contributed by atoms with Gasteiger partial charge in [0.15, 0.2) is 0 Å². The molecule has 3 aromatic rings. The van der Waals surface area contributed by atoms with Crippen molar-refractivity contribution in [3.05, 3.63) is 65.5 Å². The van der Waals surface area contributed by atoms with Gasteiger partial charge in [-0.2, -0.15) is 5.10 Å². The quantitative estimate of drug-likeness (QED) is 0.479. The highest BCUT2D eigenvalue weighted by Gasteiger charge is 2.21. The van der Waals surface area contributed by atoms with Gasteiger partial charge in [-0.1, -0.05) is 50.2 Å². The van der Waals surface area contributed by atoms with E-state index in [4.69, 9.17) is 0 Å². The zero-order valence-corrected chi connectivity index (χ0v) is 21.5. The number of aromatic nitrogens is 2. The van der Waals surface area contributed by atoms with Gasteiger partial charge < -0.3 is 5.32 Å². The number of aryl methyl sites for hydroxylation is 1. The Labute approximate surface area is 203 Å². The van der Waals surface area contributed by atoms with Crippen LogP contribution >= 0.6 is 0 Å². The molecule has 1 fully saturated rings. The van der Waals surface area contributed by atoms with Gasteiger partial charge in [0.1, 0.15) is 0 Å². The fraction of sp³-hybridized carbons (Fsp3) is 0.444. The van der Waals surface area contributed by atoms with Gasteiger partial charge in [-0.25, -0.2) is 8.42 Å². The number of anilines is 1. The van der Waals surface area contributed by atoms with E-state index in [-0.39, 0.29) is 4.90 Å². The third-order valence-corrected chi connectivity index (χ3v) is 8.02. The first-order valence-corrected chi connectivity index (χ1v) is 13.7. The van der Waals surface area contributed by atoms with Crippen LogP contribution in [0.15, 0.2) is 53.4 Å². The predicted molar refractivity (Wildman–Crippen MR) is 138 cm³/mol. The standard InChI is InChI=1S/C27H36N4O2S/c1-19(2)16-26-27(20(3)31(4)29-26)30-34(32,33)25-10-8-23(9-11-25)24-7-5-6-22(18-24)17-21-12-14-28-15-13-21/h5-11,18-19,21,28,30H,12-17H2,1-4H3. The largest absolute Gasteiger partial charge is 0.317 e. The maximum atomic E-state index is 13.2. The van der Waals surface area contributed by atoms with E-state index in [0.717, 1.165) is 47.9 Å². The predicted octanol–water partition coefficient (Wildman–Crippen LogP) is 4.94. The first-order valence-electron chi connectivity index (χ1n) is 12.2. The van der Waals surface area contributed by atoms with Gasteiger partial charge in [0.25, 0.3) is 10.0 Å². The molecule has 1 saturated heterocycles. The minimum Gasteiger partial charge on any atom is -0.317 e. The molecule has 1 aliphatic heterocycles. The molecule has 182 valence electrons. The van der Waals surface area contributed by atoms with Gasteiger partial charge in [0, 0.05) is 7.05 Å². The molecular weight excluding hydrogens is 444 g/mol. The van der Waals surface area contributed by atoms with Crippen molar-refractivity contribution in [2.45, 2.75) is 51.3 Å². The fourth-order valence-corrected chi connectivity index (χ4v) is 5.80. The summed E-state index contributed by atoms with van der Waals surface area (Å²) < 4.78 is 30.9. The lowest BCUT2D eigenvalue weighted by molar-refractivity contribution is 0.373. The molecule has 1 aromatic heterocycles. The Morgan fingerprint density at radius 3 is 2.47 bits per heavy atom. The van der Waals surface area contributed by atoms with Crippen molar-refractivity contribution in [1.82, 2.24) is 15.1 Å². The number of rotatable bonds is 8. The second kappa shape index (κ2) is 10.3. The van der Waals surface area contributed by atoms with E-state index in [2.05, 4.69) is 53.3 Å². The van der Waals surface area contributed by atoms with Gasteiger partial charge in [0.2, 0.25) is 0 Å². The number of nitrogens with zero attached hydrogens (tertiary/aromatic N) is 2. The maximum absolute atomic E-state index is 13.2. The average molecular weight is 481 g/mol. The van der Waals surface area contributed by atoms with Crippen LogP contribution in [0.4, 0.5) is 5.69 Å². The second-order valence-electron chi connectivity index (χ2n) is 9.86. The summed E-state index contributed by atoms with van der Waals surface area (Å²) in [7, 11) is -1.88.